The van der Waals surface area contributed by atoms with Crippen molar-refractivity contribution in [3.05, 3.63) is 92.3 Å². The Kier molecular flexibility index (Phi) is 4.53. The molecule has 132 valence electrons. The van der Waals surface area contributed by atoms with E-state index < -0.39 is 5.82 Å². The van der Waals surface area contributed by atoms with Gasteiger partial charge in [0.1, 0.15) is 5.82 Å². The maximum absolute atomic E-state index is 14.1. The van der Waals surface area contributed by atoms with E-state index in [4.69, 9.17) is 11.6 Å². The topological polar surface area (TPSA) is 45.8 Å². The second-order valence-electron chi connectivity index (χ2n) is 6.03. The van der Waals surface area contributed by atoms with Crippen molar-refractivity contribution in [2.45, 2.75) is 6.54 Å². The van der Waals surface area contributed by atoms with Gasteiger partial charge in [-0.2, -0.15) is 5.26 Å². The Balaban J connectivity index is 1.80. The standard InChI is InChI=1S/C21H12ClFN2OS/c22-16-7-5-15(18(23)10-16)12-25-19-8-6-13(9-20(19)27-21(25)26)17-4-2-1-3-14(17)11-24/h1-10H,12H2. The molecule has 0 saturated carbocycles. The third-order valence-corrected chi connectivity index (χ3v) is 5.55. The molecule has 0 radical (unpaired) electrons. The molecule has 1 aromatic heterocycles. The van der Waals surface area contributed by atoms with Crippen LogP contribution in [0.25, 0.3) is 21.3 Å². The molecule has 1 heterocycles. The predicted octanol–water partition coefficient (Wildman–Crippen LogP) is 5.44. The Bertz CT molecular complexity index is 1270. The van der Waals surface area contributed by atoms with Crippen LogP contribution in [-0.4, -0.2) is 4.57 Å². The normalized spacial score (nSPS) is 10.9. The number of halogens is 2. The third-order valence-electron chi connectivity index (χ3n) is 4.37. The van der Waals surface area contributed by atoms with Gasteiger partial charge in [-0.25, -0.2) is 4.39 Å². The maximum atomic E-state index is 14.1. The van der Waals surface area contributed by atoms with Gasteiger partial charge in [-0.3, -0.25) is 9.36 Å². The average molecular weight is 395 g/mol. The molecule has 3 aromatic carbocycles. The lowest BCUT2D eigenvalue weighted by Crippen LogP contribution is -2.14. The number of thiazole rings is 1. The van der Waals surface area contributed by atoms with Gasteiger partial charge in [0.05, 0.1) is 28.4 Å². The second-order valence-corrected chi connectivity index (χ2v) is 7.46. The highest BCUT2D eigenvalue weighted by Crippen LogP contribution is 2.29. The van der Waals surface area contributed by atoms with Crippen LogP contribution in [0.4, 0.5) is 4.39 Å². The molecule has 0 aliphatic rings. The molecular formula is C21H12ClFN2OS. The fraction of sp³-hybridized carbons (Fsp3) is 0.0476. The highest BCUT2D eigenvalue weighted by Gasteiger charge is 2.13. The van der Waals surface area contributed by atoms with Gasteiger partial charge in [-0.1, -0.05) is 53.3 Å². The minimum atomic E-state index is -0.437. The van der Waals surface area contributed by atoms with Crippen molar-refractivity contribution in [1.82, 2.24) is 4.57 Å². The molecule has 0 N–H and O–H groups in total. The number of aromatic nitrogens is 1. The van der Waals surface area contributed by atoms with Crippen LogP contribution in [0.15, 0.2) is 65.5 Å². The molecule has 0 aliphatic heterocycles. The molecule has 0 fully saturated rings. The zero-order valence-electron chi connectivity index (χ0n) is 13.9. The summed E-state index contributed by atoms with van der Waals surface area (Å²) in [6.07, 6.45) is 0. The largest absolute Gasteiger partial charge is 0.308 e. The lowest BCUT2D eigenvalue weighted by atomic mass is 10.0. The maximum Gasteiger partial charge on any atom is 0.308 e. The monoisotopic (exact) mass is 394 g/mol. The summed E-state index contributed by atoms with van der Waals surface area (Å²) in [5.74, 6) is -0.437. The van der Waals surface area contributed by atoms with Crippen LogP contribution < -0.4 is 4.87 Å². The van der Waals surface area contributed by atoms with E-state index in [0.29, 0.717) is 16.1 Å². The summed E-state index contributed by atoms with van der Waals surface area (Å²) in [7, 11) is 0. The number of benzene rings is 3. The Morgan fingerprint density at radius 3 is 2.70 bits per heavy atom. The summed E-state index contributed by atoms with van der Waals surface area (Å²) in [6.45, 7) is 0.135. The van der Waals surface area contributed by atoms with Crippen molar-refractivity contribution in [3.8, 4) is 17.2 Å². The Hall–Kier alpha value is -2.94. The van der Waals surface area contributed by atoms with E-state index in [1.165, 1.54) is 6.07 Å². The molecule has 0 aliphatic carbocycles. The predicted molar refractivity (Wildman–Crippen MR) is 107 cm³/mol. The first-order valence-electron chi connectivity index (χ1n) is 8.13. The van der Waals surface area contributed by atoms with Gasteiger partial charge in [-0.05, 0) is 41.5 Å². The van der Waals surface area contributed by atoms with Gasteiger partial charge in [-0.15, -0.1) is 0 Å². The fourth-order valence-corrected chi connectivity index (χ4v) is 4.12. The van der Waals surface area contributed by atoms with E-state index >= 15 is 0 Å². The van der Waals surface area contributed by atoms with Gasteiger partial charge >= 0.3 is 4.87 Å². The fourth-order valence-electron chi connectivity index (χ4n) is 3.04. The number of nitrogens with zero attached hydrogens (tertiary/aromatic N) is 2. The Labute approximate surface area is 163 Å². The molecule has 4 aromatic rings. The summed E-state index contributed by atoms with van der Waals surface area (Å²) in [4.78, 5) is 12.3. The van der Waals surface area contributed by atoms with Crippen molar-refractivity contribution in [2.24, 2.45) is 0 Å². The van der Waals surface area contributed by atoms with E-state index in [0.717, 1.165) is 32.7 Å². The minimum Gasteiger partial charge on any atom is -0.294 e. The van der Waals surface area contributed by atoms with Crippen molar-refractivity contribution < 1.29 is 4.39 Å². The summed E-state index contributed by atoms with van der Waals surface area (Å²) >= 11 is 6.90. The zero-order valence-corrected chi connectivity index (χ0v) is 15.5. The van der Waals surface area contributed by atoms with Gasteiger partial charge in [0.15, 0.2) is 0 Å². The van der Waals surface area contributed by atoms with Crippen molar-refractivity contribution in [3.63, 3.8) is 0 Å². The van der Waals surface area contributed by atoms with Crippen molar-refractivity contribution >= 4 is 33.2 Å². The zero-order chi connectivity index (χ0) is 19.0. The van der Waals surface area contributed by atoms with Crippen LogP contribution in [0.3, 0.4) is 0 Å². The lowest BCUT2D eigenvalue weighted by Gasteiger charge is -2.07. The van der Waals surface area contributed by atoms with Gasteiger partial charge in [0.25, 0.3) is 0 Å². The number of hydrogen-bond acceptors (Lipinski definition) is 3. The number of nitriles is 1. The number of fused-ring (bicyclic) bond motifs is 1. The molecule has 0 atom stereocenters. The summed E-state index contributed by atoms with van der Waals surface area (Å²) in [5, 5.41) is 9.62. The van der Waals surface area contributed by atoms with Gasteiger partial charge in [0, 0.05) is 10.6 Å². The molecule has 4 rings (SSSR count). The van der Waals surface area contributed by atoms with Crippen LogP contribution in [0.1, 0.15) is 11.1 Å². The van der Waals surface area contributed by atoms with Crippen LogP contribution in [0.2, 0.25) is 5.02 Å². The SMILES string of the molecule is N#Cc1ccccc1-c1ccc2c(c1)sc(=O)n2Cc1ccc(Cl)cc1F. The summed E-state index contributed by atoms with van der Waals surface area (Å²) < 4.78 is 16.5. The van der Waals surface area contributed by atoms with Gasteiger partial charge in [0.2, 0.25) is 0 Å². The Morgan fingerprint density at radius 1 is 1.11 bits per heavy atom. The Morgan fingerprint density at radius 2 is 1.93 bits per heavy atom. The highest BCUT2D eigenvalue weighted by atomic mass is 35.5. The second kappa shape index (κ2) is 6.99. The van der Waals surface area contributed by atoms with E-state index in [9.17, 15) is 14.4 Å². The molecule has 3 nitrogen and oxygen atoms in total. The number of hydrogen-bond donors (Lipinski definition) is 0. The van der Waals surface area contributed by atoms with Crippen LogP contribution in [0, 0.1) is 17.1 Å². The first-order chi connectivity index (χ1) is 13.1. The van der Waals surface area contributed by atoms with E-state index in [2.05, 4.69) is 6.07 Å². The third kappa shape index (κ3) is 3.25. The lowest BCUT2D eigenvalue weighted by molar-refractivity contribution is 0.601. The quantitative estimate of drug-likeness (QED) is 0.464. The van der Waals surface area contributed by atoms with Crippen LogP contribution in [0.5, 0.6) is 0 Å². The molecule has 6 heteroatoms. The molecule has 0 amide bonds. The van der Waals surface area contributed by atoms with Crippen molar-refractivity contribution in [2.75, 3.05) is 0 Å². The van der Waals surface area contributed by atoms with Crippen LogP contribution >= 0.6 is 22.9 Å². The molecule has 0 spiro atoms. The van der Waals surface area contributed by atoms with E-state index in [1.54, 1.807) is 22.8 Å². The van der Waals surface area contributed by atoms with E-state index in [1.807, 2.05) is 36.4 Å². The average Bonchev–Trinajstić information content (AvgIpc) is 2.98. The van der Waals surface area contributed by atoms with Gasteiger partial charge < -0.3 is 0 Å². The molecule has 0 saturated heterocycles. The van der Waals surface area contributed by atoms with E-state index in [-0.39, 0.29) is 11.4 Å². The minimum absolute atomic E-state index is 0.135. The summed E-state index contributed by atoms with van der Waals surface area (Å²) in [6, 6.07) is 19.6. The van der Waals surface area contributed by atoms with Crippen molar-refractivity contribution in [1.29, 1.82) is 5.26 Å². The molecule has 0 bridgehead atoms. The molecular weight excluding hydrogens is 383 g/mol. The smallest absolute Gasteiger partial charge is 0.294 e. The first kappa shape index (κ1) is 17.5. The first-order valence-corrected chi connectivity index (χ1v) is 9.33. The van der Waals surface area contributed by atoms with Crippen LogP contribution in [-0.2, 0) is 6.54 Å². The molecule has 27 heavy (non-hydrogen) atoms. The molecule has 0 unspecified atom stereocenters. The summed E-state index contributed by atoms with van der Waals surface area (Å²) in [5.41, 5.74) is 3.40. The number of rotatable bonds is 3. The highest BCUT2D eigenvalue weighted by molar-refractivity contribution is 7.16.